The lowest BCUT2D eigenvalue weighted by Crippen LogP contribution is -2.62. The molecule has 2 aliphatic rings. The Morgan fingerprint density at radius 3 is 1.87 bits per heavy atom. The van der Waals surface area contributed by atoms with Gasteiger partial charge < -0.3 is 55.1 Å². The average molecular weight is 342 g/mol. The zero-order valence-corrected chi connectivity index (χ0v) is 12.0. The van der Waals surface area contributed by atoms with Gasteiger partial charge in [-0.2, -0.15) is 0 Å². The number of rotatable bonds is 5. The molecule has 9 atom stereocenters. The van der Waals surface area contributed by atoms with Crippen LogP contribution in [0.3, 0.4) is 0 Å². The fourth-order valence-corrected chi connectivity index (χ4v) is 2.63. The topological polar surface area (TPSA) is 190 Å². The number of hydrogen-bond acceptors (Lipinski definition) is 11. The summed E-state index contributed by atoms with van der Waals surface area (Å²) in [5.74, 6) is -2.22. The second-order valence-electron chi connectivity index (χ2n) is 5.56. The highest BCUT2D eigenvalue weighted by molar-refractivity contribution is 4.98. The van der Waals surface area contributed by atoms with Crippen LogP contribution >= 0.6 is 0 Å². The van der Waals surface area contributed by atoms with Crippen molar-refractivity contribution < 1.29 is 55.1 Å². The minimum absolute atomic E-state index is 0.669. The number of aliphatic hydroxyl groups is 8. The van der Waals surface area contributed by atoms with E-state index >= 15 is 0 Å². The van der Waals surface area contributed by atoms with Crippen LogP contribution in [-0.2, 0) is 14.2 Å². The van der Waals surface area contributed by atoms with Crippen molar-refractivity contribution in [3.63, 3.8) is 0 Å². The zero-order chi connectivity index (χ0) is 17.4. The van der Waals surface area contributed by atoms with Crippen molar-refractivity contribution in [3.8, 4) is 0 Å². The van der Waals surface area contributed by atoms with Crippen molar-refractivity contribution in [1.82, 2.24) is 0 Å². The third kappa shape index (κ3) is 3.23. The van der Waals surface area contributed by atoms with Gasteiger partial charge in [0, 0.05) is 0 Å². The third-order valence-electron chi connectivity index (χ3n) is 4.07. The van der Waals surface area contributed by atoms with Crippen molar-refractivity contribution in [2.45, 2.75) is 54.8 Å². The molecule has 0 aromatic heterocycles. The van der Waals surface area contributed by atoms with Crippen molar-refractivity contribution in [2.24, 2.45) is 0 Å². The van der Waals surface area contributed by atoms with Crippen LogP contribution in [0.2, 0.25) is 0 Å². The van der Waals surface area contributed by atoms with Crippen molar-refractivity contribution in [3.05, 3.63) is 0 Å². The zero-order valence-electron chi connectivity index (χ0n) is 12.0. The van der Waals surface area contributed by atoms with Crippen LogP contribution < -0.4 is 0 Å². The van der Waals surface area contributed by atoms with Crippen molar-refractivity contribution in [2.75, 3.05) is 19.8 Å². The molecule has 0 amide bonds. The van der Waals surface area contributed by atoms with Gasteiger partial charge in [0.1, 0.15) is 49.3 Å². The van der Waals surface area contributed by atoms with Gasteiger partial charge in [-0.05, 0) is 0 Å². The number of hydrogen-bond donors (Lipinski definition) is 8. The highest BCUT2D eigenvalue weighted by Crippen LogP contribution is 2.35. The minimum atomic E-state index is -2.22. The molecule has 0 saturated carbocycles. The van der Waals surface area contributed by atoms with Gasteiger partial charge in [-0.3, -0.25) is 0 Å². The molecule has 2 rings (SSSR count). The molecule has 23 heavy (non-hydrogen) atoms. The molecule has 2 fully saturated rings. The van der Waals surface area contributed by atoms with Gasteiger partial charge in [-0.15, -0.1) is 0 Å². The van der Waals surface area contributed by atoms with Gasteiger partial charge in [-0.1, -0.05) is 0 Å². The molecule has 8 N–H and O–H groups in total. The van der Waals surface area contributed by atoms with Gasteiger partial charge in [0.15, 0.2) is 6.29 Å². The standard InChI is InChI=1S/C12H22O11/c13-1-4-6(16)8(18)9(19)11(21-4)23-12(3-15)10(20)7(17)5(2-14)22-12/h4-11,13-20H,1-3H2/t4-,5-,6-,7+,8+,9-,10-,11-,12-/m1/s1. The summed E-state index contributed by atoms with van der Waals surface area (Å²) in [6.45, 7) is -2.32. The Morgan fingerprint density at radius 2 is 1.39 bits per heavy atom. The molecule has 11 heteroatoms. The summed E-state index contributed by atoms with van der Waals surface area (Å²) >= 11 is 0. The number of aliphatic hydroxyl groups excluding tert-OH is 8. The minimum Gasteiger partial charge on any atom is -0.394 e. The Kier molecular flexibility index (Phi) is 5.92. The SMILES string of the molecule is OC[C@H]1O[C@](CO)(O[C@H]2O[C@H](CO)[C@@H](O)[C@H](O)[C@H]2O)[C@H](O)[C@H]1O. The van der Waals surface area contributed by atoms with Crippen LogP contribution in [0.25, 0.3) is 0 Å². The van der Waals surface area contributed by atoms with Crippen LogP contribution in [0.4, 0.5) is 0 Å². The van der Waals surface area contributed by atoms with Gasteiger partial charge in [0.05, 0.1) is 13.2 Å². The van der Waals surface area contributed by atoms with E-state index in [2.05, 4.69) is 0 Å². The van der Waals surface area contributed by atoms with Crippen molar-refractivity contribution in [1.29, 1.82) is 0 Å². The predicted octanol–water partition coefficient (Wildman–Crippen LogP) is -5.40. The molecular formula is C12H22O11. The largest absolute Gasteiger partial charge is 0.394 e. The lowest BCUT2D eigenvalue weighted by molar-refractivity contribution is -0.383. The molecule has 0 aliphatic carbocycles. The molecule has 0 spiro atoms. The smallest absolute Gasteiger partial charge is 0.224 e. The van der Waals surface area contributed by atoms with Crippen LogP contribution in [0, 0.1) is 0 Å². The van der Waals surface area contributed by atoms with Gasteiger partial charge >= 0.3 is 0 Å². The van der Waals surface area contributed by atoms with E-state index in [4.69, 9.17) is 24.4 Å². The second-order valence-corrected chi connectivity index (χ2v) is 5.56. The Labute approximate surface area is 130 Å². The van der Waals surface area contributed by atoms with Crippen LogP contribution in [-0.4, -0.2) is 115 Å². The molecule has 0 radical (unpaired) electrons. The first-order valence-corrected chi connectivity index (χ1v) is 7.05. The van der Waals surface area contributed by atoms with E-state index in [9.17, 15) is 30.6 Å². The van der Waals surface area contributed by atoms with E-state index in [0.717, 1.165) is 0 Å². The normalized spacial score (nSPS) is 51.1. The fraction of sp³-hybridized carbons (Fsp3) is 1.00. The summed E-state index contributed by atoms with van der Waals surface area (Å²) in [6, 6.07) is 0. The fourth-order valence-electron chi connectivity index (χ4n) is 2.63. The molecule has 0 unspecified atom stereocenters. The maximum atomic E-state index is 10.00. The lowest BCUT2D eigenvalue weighted by atomic mass is 9.99. The summed E-state index contributed by atoms with van der Waals surface area (Å²) in [4.78, 5) is 0. The van der Waals surface area contributed by atoms with E-state index < -0.39 is 74.6 Å². The van der Waals surface area contributed by atoms with Crippen LogP contribution in [0.1, 0.15) is 0 Å². The Bertz CT molecular complexity index is 393. The van der Waals surface area contributed by atoms with Gasteiger partial charge in [-0.25, -0.2) is 0 Å². The Balaban J connectivity index is 2.18. The molecule has 11 nitrogen and oxygen atoms in total. The molecule has 2 saturated heterocycles. The van der Waals surface area contributed by atoms with Crippen molar-refractivity contribution >= 4 is 0 Å². The van der Waals surface area contributed by atoms with Crippen LogP contribution in [0.15, 0.2) is 0 Å². The Morgan fingerprint density at radius 1 is 0.783 bits per heavy atom. The molecule has 0 aromatic rings. The quantitative estimate of drug-likeness (QED) is 0.238. The van der Waals surface area contributed by atoms with Gasteiger partial charge in [0.25, 0.3) is 0 Å². The summed E-state index contributed by atoms with van der Waals surface area (Å²) in [7, 11) is 0. The first-order chi connectivity index (χ1) is 10.8. The Hall–Kier alpha value is -0.440. The molecule has 2 aliphatic heterocycles. The first kappa shape index (κ1) is 18.9. The highest BCUT2D eigenvalue weighted by atomic mass is 16.8. The van der Waals surface area contributed by atoms with E-state index in [1.165, 1.54) is 0 Å². The molecular weight excluding hydrogens is 320 g/mol. The summed E-state index contributed by atoms with van der Waals surface area (Å²) < 4.78 is 15.4. The van der Waals surface area contributed by atoms with E-state index in [1.807, 2.05) is 0 Å². The lowest BCUT2D eigenvalue weighted by Gasteiger charge is -2.43. The summed E-state index contributed by atoms with van der Waals surface area (Å²) in [6.07, 6.45) is -12.7. The maximum Gasteiger partial charge on any atom is 0.224 e. The number of ether oxygens (including phenoxy) is 3. The average Bonchev–Trinajstić information content (AvgIpc) is 2.80. The van der Waals surface area contributed by atoms with Gasteiger partial charge in [0.2, 0.25) is 5.79 Å². The molecule has 2 heterocycles. The maximum absolute atomic E-state index is 10.00. The van der Waals surface area contributed by atoms with E-state index in [0.29, 0.717) is 0 Å². The monoisotopic (exact) mass is 342 g/mol. The third-order valence-corrected chi connectivity index (χ3v) is 4.07. The highest BCUT2D eigenvalue weighted by Gasteiger charge is 2.58. The second kappa shape index (κ2) is 7.21. The molecule has 0 aromatic carbocycles. The first-order valence-electron chi connectivity index (χ1n) is 7.05. The predicted molar refractivity (Wildman–Crippen MR) is 68.6 cm³/mol. The summed E-state index contributed by atoms with van der Waals surface area (Å²) in [5, 5.41) is 76.7. The van der Waals surface area contributed by atoms with E-state index in [1.54, 1.807) is 0 Å². The summed E-state index contributed by atoms with van der Waals surface area (Å²) in [5.41, 5.74) is 0. The van der Waals surface area contributed by atoms with Crippen LogP contribution in [0.5, 0.6) is 0 Å². The van der Waals surface area contributed by atoms with E-state index in [-0.39, 0.29) is 0 Å². The molecule has 136 valence electrons. The molecule has 0 bridgehead atoms.